The number of hydrogen-bond acceptors (Lipinski definition) is 7. The molecule has 9 nitrogen and oxygen atoms in total. The number of likely N-dealkylation sites (N-methyl/N-ethyl adjacent to an activating group) is 1. The third kappa shape index (κ3) is 6.04. The molecule has 9 heteroatoms. The molecule has 1 atom stereocenters. The van der Waals surface area contributed by atoms with Gasteiger partial charge in [-0.2, -0.15) is 0 Å². The summed E-state index contributed by atoms with van der Waals surface area (Å²) in [6.07, 6.45) is 0.865. The number of ketones is 1. The number of aliphatic hydroxyl groups is 1. The van der Waals surface area contributed by atoms with E-state index < -0.39 is 23.6 Å². The van der Waals surface area contributed by atoms with Crippen molar-refractivity contribution in [2.75, 3.05) is 40.4 Å². The molecule has 0 bridgehead atoms. The number of carbonyl (C=O) groups is 3. The lowest BCUT2D eigenvalue weighted by molar-refractivity contribution is -0.140. The van der Waals surface area contributed by atoms with E-state index >= 15 is 0 Å². The molecule has 1 fully saturated rings. The van der Waals surface area contributed by atoms with E-state index in [0.29, 0.717) is 42.3 Å². The smallest absolute Gasteiger partial charge is 0.295 e. The molecule has 0 spiro atoms. The Bertz CT molecular complexity index is 1160. The van der Waals surface area contributed by atoms with Gasteiger partial charge in [0, 0.05) is 18.7 Å². The van der Waals surface area contributed by atoms with Crippen LogP contribution >= 0.6 is 0 Å². The second-order valence-electron chi connectivity index (χ2n) is 8.94. The van der Waals surface area contributed by atoms with Crippen LogP contribution in [0.5, 0.6) is 11.5 Å². The lowest BCUT2D eigenvalue weighted by Crippen LogP contribution is -2.35. The maximum atomic E-state index is 13.2. The fourth-order valence-corrected chi connectivity index (χ4v) is 4.02. The Morgan fingerprint density at radius 3 is 2.33 bits per heavy atom. The Morgan fingerprint density at radius 1 is 1.08 bits per heavy atom. The highest BCUT2D eigenvalue weighted by Gasteiger charge is 2.46. The summed E-state index contributed by atoms with van der Waals surface area (Å²) in [5.41, 5.74) is 6.96. The van der Waals surface area contributed by atoms with Crippen LogP contribution in [0, 0.1) is 6.92 Å². The molecular formula is C27H33N3O6. The van der Waals surface area contributed by atoms with Crippen LogP contribution < -0.4 is 15.2 Å². The Hall–Kier alpha value is -3.85. The summed E-state index contributed by atoms with van der Waals surface area (Å²) in [7, 11) is 3.75. The fraction of sp³-hybridized carbons (Fsp3) is 0.370. The van der Waals surface area contributed by atoms with E-state index in [9.17, 15) is 19.5 Å². The van der Waals surface area contributed by atoms with Crippen molar-refractivity contribution >= 4 is 23.4 Å². The van der Waals surface area contributed by atoms with Gasteiger partial charge in [-0.1, -0.05) is 19.1 Å². The highest BCUT2D eigenvalue weighted by Crippen LogP contribution is 2.40. The van der Waals surface area contributed by atoms with Crippen molar-refractivity contribution in [3.8, 4) is 11.5 Å². The molecule has 3 rings (SSSR count). The number of amides is 2. The summed E-state index contributed by atoms with van der Waals surface area (Å²) in [4.78, 5) is 40.7. The Kier molecular flexibility index (Phi) is 8.71. The number of rotatable bonds is 11. The van der Waals surface area contributed by atoms with Gasteiger partial charge in [0.05, 0.1) is 18.2 Å². The summed E-state index contributed by atoms with van der Waals surface area (Å²) < 4.78 is 11.0. The van der Waals surface area contributed by atoms with Gasteiger partial charge in [0.15, 0.2) is 6.61 Å². The lowest BCUT2D eigenvalue weighted by Gasteiger charge is -2.26. The van der Waals surface area contributed by atoms with Gasteiger partial charge in [-0.25, -0.2) is 0 Å². The van der Waals surface area contributed by atoms with Crippen LogP contribution in [0.1, 0.15) is 36.1 Å². The molecule has 192 valence electrons. The Morgan fingerprint density at radius 2 is 1.75 bits per heavy atom. The van der Waals surface area contributed by atoms with E-state index in [1.165, 1.54) is 4.90 Å². The highest BCUT2D eigenvalue weighted by atomic mass is 16.5. The van der Waals surface area contributed by atoms with E-state index in [0.717, 1.165) is 12.0 Å². The number of nitrogens with two attached hydrogens (primary N) is 1. The molecule has 1 unspecified atom stereocenters. The molecule has 0 aliphatic carbocycles. The lowest BCUT2D eigenvalue weighted by atomic mass is 9.94. The number of Topliss-reactive ketones (excluding diaryl/α,β-unsaturated/α-hetero) is 1. The van der Waals surface area contributed by atoms with Crippen LogP contribution in [0.15, 0.2) is 48.0 Å². The first-order chi connectivity index (χ1) is 17.1. The predicted octanol–water partition coefficient (Wildman–Crippen LogP) is 2.63. The zero-order valence-corrected chi connectivity index (χ0v) is 21.1. The van der Waals surface area contributed by atoms with E-state index in [2.05, 4.69) is 0 Å². The number of hydrogen-bond donors (Lipinski definition) is 2. The molecular weight excluding hydrogens is 462 g/mol. The van der Waals surface area contributed by atoms with Crippen LogP contribution in [-0.2, 0) is 14.4 Å². The summed E-state index contributed by atoms with van der Waals surface area (Å²) >= 11 is 0. The number of likely N-dealkylation sites (tertiary alicyclic amines) is 1. The molecule has 3 N–H and O–H groups in total. The van der Waals surface area contributed by atoms with Gasteiger partial charge in [0.25, 0.3) is 17.6 Å². The number of primary amides is 1. The van der Waals surface area contributed by atoms with Gasteiger partial charge in [0.2, 0.25) is 0 Å². The average molecular weight is 496 g/mol. The second kappa shape index (κ2) is 11.7. The zero-order valence-electron chi connectivity index (χ0n) is 21.1. The molecule has 1 aliphatic rings. The van der Waals surface area contributed by atoms with E-state index in [1.54, 1.807) is 42.5 Å². The largest absolute Gasteiger partial charge is 0.507 e. The van der Waals surface area contributed by atoms with Crippen molar-refractivity contribution in [1.29, 1.82) is 0 Å². The molecule has 1 saturated heterocycles. The normalized spacial score (nSPS) is 17.0. The number of nitrogens with zero attached hydrogens (tertiary/aromatic N) is 2. The molecule has 2 aromatic carbocycles. The minimum atomic E-state index is -0.787. The minimum Gasteiger partial charge on any atom is -0.507 e. The Balaban J connectivity index is 2.05. The SMILES string of the molecule is CCCOc1ccc(C(O)=C2C(=O)C(=O)N(CCN(C)C)C2c2ccc(OCC(N)=O)cc2)c(C)c1. The molecule has 0 radical (unpaired) electrons. The minimum absolute atomic E-state index is 0.0230. The molecule has 0 aromatic heterocycles. The first kappa shape index (κ1) is 26.7. The first-order valence-corrected chi connectivity index (χ1v) is 11.8. The van der Waals surface area contributed by atoms with Crippen molar-refractivity contribution in [3.05, 3.63) is 64.7 Å². The van der Waals surface area contributed by atoms with Crippen LogP contribution in [0.4, 0.5) is 0 Å². The number of benzene rings is 2. The number of ether oxygens (including phenoxy) is 2. The first-order valence-electron chi connectivity index (χ1n) is 11.8. The van der Waals surface area contributed by atoms with E-state index in [4.69, 9.17) is 15.2 Å². The maximum Gasteiger partial charge on any atom is 0.295 e. The zero-order chi connectivity index (χ0) is 26.4. The van der Waals surface area contributed by atoms with Crippen LogP contribution in [0.2, 0.25) is 0 Å². The van der Waals surface area contributed by atoms with Crippen molar-refractivity contribution in [1.82, 2.24) is 9.80 Å². The maximum absolute atomic E-state index is 13.2. The Labute approximate surface area is 211 Å². The third-order valence-electron chi connectivity index (χ3n) is 5.83. The number of carbonyl (C=O) groups excluding carboxylic acids is 3. The van der Waals surface area contributed by atoms with Gasteiger partial charge in [0.1, 0.15) is 17.3 Å². The summed E-state index contributed by atoms with van der Waals surface area (Å²) in [6.45, 7) is 4.96. The molecule has 1 aliphatic heterocycles. The van der Waals surface area contributed by atoms with Gasteiger partial charge in [-0.05, 0) is 68.9 Å². The fourth-order valence-electron chi connectivity index (χ4n) is 4.02. The van der Waals surface area contributed by atoms with Gasteiger partial charge < -0.3 is 30.1 Å². The molecule has 1 heterocycles. The molecule has 2 amide bonds. The third-order valence-corrected chi connectivity index (χ3v) is 5.83. The summed E-state index contributed by atoms with van der Waals surface area (Å²) in [5.74, 6) is -1.16. The van der Waals surface area contributed by atoms with Crippen LogP contribution in [0.25, 0.3) is 5.76 Å². The van der Waals surface area contributed by atoms with Crippen LogP contribution in [-0.4, -0.2) is 72.9 Å². The van der Waals surface area contributed by atoms with Crippen molar-refractivity contribution in [3.63, 3.8) is 0 Å². The highest BCUT2D eigenvalue weighted by molar-refractivity contribution is 6.46. The van der Waals surface area contributed by atoms with Crippen molar-refractivity contribution < 1.29 is 29.0 Å². The standard InChI is InChI=1S/C27H33N3O6/c1-5-14-35-20-10-11-21(17(2)15-20)25(32)23-24(30(13-12-29(3)4)27(34)26(23)33)18-6-8-19(9-7-18)36-16-22(28)31/h6-11,15,24,32H,5,12-14,16H2,1-4H3,(H2,28,31). The summed E-state index contributed by atoms with van der Waals surface area (Å²) in [5, 5.41) is 11.3. The average Bonchev–Trinajstić information content (AvgIpc) is 3.09. The predicted molar refractivity (Wildman–Crippen MR) is 136 cm³/mol. The quantitative estimate of drug-likeness (QED) is 0.279. The number of aryl methyl sites for hydroxylation is 1. The van der Waals surface area contributed by atoms with Gasteiger partial charge in [-0.3, -0.25) is 14.4 Å². The monoisotopic (exact) mass is 495 g/mol. The van der Waals surface area contributed by atoms with Crippen molar-refractivity contribution in [2.24, 2.45) is 5.73 Å². The second-order valence-corrected chi connectivity index (χ2v) is 8.94. The molecule has 0 saturated carbocycles. The van der Waals surface area contributed by atoms with E-state index in [-0.39, 0.29) is 17.9 Å². The van der Waals surface area contributed by atoms with Gasteiger partial charge in [-0.15, -0.1) is 0 Å². The number of aliphatic hydroxyl groups excluding tert-OH is 1. The topological polar surface area (TPSA) is 122 Å². The van der Waals surface area contributed by atoms with Crippen LogP contribution in [0.3, 0.4) is 0 Å². The van der Waals surface area contributed by atoms with Gasteiger partial charge >= 0.3 is 0 Å². The molecule has 36 heavy (non-hydrogen) atoms. The van der Waals surface area contributed by atoms with Crippen molar-refractivity contribution in [2.45, 2.75) is 26.3 Å². The molecule has 2 aromatic rings. The summed E-state index contributed by atoms with van der Waals surface area (Å²) in [6, 6.07) is 11.1. The van der Waals surface area contributed by atoms with E-state index in [1.807, 2.05) is 32.8 Å².